The van der Waals surface area contributed by atoms with Gasteiger partial charge in [-0.05, 0) is 18.4 Å². The van der Waals surface area contributed by atoms with Crippen LogP contribution in [0.25, 0.3) is 0 Å². The van der Waals surface area contributed by atoms with Crippen LogP contribution in [0.3, 0.4) is 0 Å². The van der Waals surface area contributed by atoms with E-state index in [2.05, 4.69) is 11.8 Å². The van der Waals surface area contributed by atoms with Crippen molar-refractivity contribution in [3.63, 3.8) is 0 Å². The highest BCUT2D eigenvalue weighted by atomic mass is 32.1. The van der Waals surface area contributed by atoms with Crippen molar-refractivity contribution >= 4 is 17.2 Å². The molecule has 1 heterocycles. The van der Waals surface area contributed by atoms with E-state index in [0.29, 0.717) is 16.9 Å². The molecule has 1 N–H and O–H groups in total. The van der Waals surface area contributed by atoms with E-state index in [0.717, 1.165) is 0 Å². The lowest BCUT2D eigenvalue weighted by atomic mass is 10.2. The van der Waals surface area contributed by atoms with Gasteiger partial charge in [-0.25, -0.2) is 0 Å². The molecule has 0 aliphatic rings. The smallest absolute Gasteiger partial charge is 0.265 e. The van der Waals surface area contributed by atoms with Gasteiger partial charge in [-0.15, -0.1) is 11.3 Å². The number of carbonyl (C=O) groups excluding carboxylic acids is 1. The largest absolute Gasteiger partial charge is 0.384 e. The Hall–Kier alpha value is -1.82. The van der Waals surface area contributed by atoms with Crippen LogP contribution in [0.5, 0.6) is 0 Å². The van der Waals surface area contributed by atoms with Crippen LogP contribution in [0.15, 0.2) is 11.4 Å². The molecule has 5 heteroatoms. The summed E-state index contributed by atoms with van der Waals surface area (Å²) in [4.78, 5) is 14.3. The number of hydrogen-bond acceptors (Lipinski definition) is 4. The monoisotopic (exact) mass is 262 g/mol. The summed E-state index contributed by atoms with van der Waals surface area (Å²) in [6, 6.07) is 3.66. The van der Waals surface area contributed by atoms with Crippen LogP contribution in [0.1, 0.15) is 28.6 Å². The van der Waals surface area contributed by atoms with Crippen molar-refractivity contribution in [3.8, 4) is 17.9 Å². The van der Waals surface area contributed by atoms with Crippen LogP contribution >= 0.6 is 11.3 Å². The van der Waals surface area contributed by atoms with Crippen LogP contribution in [-0.4, -0.2) is 35.6 Å². The van der Waals surface area contributed by atoms with Gasteiger partial charge in [-0.3, -0.25) is 4.79 Å². The summed E-state index contributed by atoms with van der Waals surface area (Å²) in [5, 5.41) is 19.1. The molecule has 0 radical (unpaired) electrons. The minimum atomic E-state index is -0.232. The fourth-order valence-electron chi connectivity index (χ4n) is 1.34. The second-order valence-corrected chi connectivity index (χ2v) is 4.67. The highest BCUT2D eigenvalue weighted by Gasteiger charge is 2.20. The topological polar surface area (TPSA) is 64.3 Å². The fourth-order valence-corrected chi connectivity index (χ4v) is 2.17. The van der Waals surface area contributed by atoms with Gasteiger partial charge in [0.15, 0.2) is 0 Å². The van der Waals surface area contributed by atoms with Crippen LogP contribution in [0.2, 0.25) is 0 Å². The van der Waals surface area contributed by atoms with Gasteiger partial charge in [-0.1, -0.05) is 11.8 Å². The molecule has 1 amide bonds. The number of thiophene rings is 1. The maximum atomic E-state index is 12.2. The average molecular weight is 262 g/mol. The predicted octanol–water partition coefficient (Wildman–Crippen LogP) is 1.47. The number of aliphatic hydroxyl groups is 1. The van der Waals surface area contributed by atoms with Gasteiger partial charge in [0.1, 0.15) is 11.5 Å². The lowest BCUT2D eigenvalue weighted by Gasteiger charge is -2.22. The standard InChI is InChI=1S/C13H14N2O2S/c1-10(5-7-14)15(2)13(17)12-11(4-3-8-16)6-9-18-12/h6,9-10,16H,5,8H2,1-2H3. The molecule has 18 heavy (non-hydrogen) atoms. The third-order valence-electron chi connectivity index (χ3n) is 2.53. The van der Waals surface area contributed by atoms with Gasteiger partial charge in [0.05, 0.1) is 12.5 Å². The first kappa shape index (κ1) is 14.2. The van der Waals surface area contributed by atoms with Gasteiger partial charge in [-0.2, -0.15) is 5.26 Å². The number of hydrogen-bond donors (Lipinski definition) is 1. The first-order chi connectivity index (χ1) is 8.61. The molecular formula is C13H14N2O2S. The molecule has 1 atom stereocenters. The van der Waals surface area contributed by atoms with Crippen molar-refractivity contribution in [1.82, 2.24) is 4.90 Å². The van der Waals surface area contributed by atoms with Crippen molar-refractivity contribution < 1.29 is 9.90 Å². The predicted molar refractivity (Wildman–Crippen MR) is 70.1 cm³/mol. The summed E-state index contributed by atoms with van der Waals surface area (Å²) in [6.45, 7) is 1.60. The molecule has 94 valence electrons. The van der Waals surface area contributed by atoms with Gasteiger partial charge in [0, 0.05) is 18.7 Å². The summed E-state index contributed by atoms with van der Waals surface area (Å²) >= 11 is 1.31. The first-order valence-electron chi connectivity index (χ1n) is 5.43. The molecule has 1 rings (SSSR count). The van der Waals surface area contributed by atoms with Crippen LogP contribution < -0.4 is 0 Å². The Balaban J connectivity index is 2.91. The van der Waals surface area contributed by atoms with Crippen LogP contribution in [0.4, 0.5) is 0 Å². The van der Waals surface area contributed by atoms with Crippen molar-refractivity contribution in [2.24, 2.45) is 0 Å². The molecule has 0 spiro atoms. The average Bonchev–Trinajstić information content (AvgIpc) is 2.83. The number of carbonyl (C=O) groups is 1. The molecule has 1 unspecified atom stereocenters. The number of amides is 1. The van der Waals surface area contributed by atoms with E-state index in [1.165, 1.54) is 11.3 Å². The fraction of sp³-hybridized carbons (Fsp3) is 0.385. The van der Waals surface area contributed by atoms with Crippen molar-refractivity contribution in [1.29, 1.82) is 5.26 Å². The maximum absolute atomic E-state index is 12.2. The molecule has 1 aromatic heterocycles. The van der Waals surface area contributed by atoms with Gasteiger partial charge in [0.2, 0.25) is 0 Å². The summed E-state index contributed by atoms with van der Waals surface area (Å²) in [5.41, 5.74) is 0.620. The number of rotatable bonds is 3. The Morgan fingerprint density at radius 1 is 1.67 bits per heavy atom. The molecule has 0 fully saturated rings. The normalized spacial score (nSPS) is 11.0. The van der Waals surface area contributed by atoms with Crippen molar-refractivity contribution in [2.75, 3.05) is 13.7 Å². The molecule has 0 saturated heterocycles. The van der Waals surface area contributed by atoms with E-state index in [-0.39, 0.29) is 18.6 Å². The summed E-state index contributed by atoms with van der Waals surface area (Å²) in [7, 11) is 1.67. The minimum absolute atomic E-state index is 0.136. The third-order valence-corrected chi connectivity index (χ3v) is 3.43. The molecule has 1 aromatic rings. The van der Waals surface area contributed by atoms with Gasteiger partial charge >= 0.3 is 0 Å². The molecule has 0 aliphatic carbocycles. The molecular weight excluding hydrogens is 248 g/mol. The third kappa shape index (κ3) is 3.33. The Morgan fingerprint density at radius 3 is 3.00 bits per heavy atom. The highest BCUT2D eigenvalue weighted by molar-refractivity contribution is 7.12. The highest BCUT2D eigenvalue weighted by Crippen LogP contribution is 2.19. The van der Waals surface area contributed by atoms with E-state index < -0.39 is 0 Å². The Bertz CT molecular complexity index is 519. The Morgan fingerprint density at radius 2 is 2.39 bits per heavy atom. The zero-order valence-electron chi connectivity index (χ0n) is 10.3. The van der Waals surface area contributed by atoms with E-state index in [4.69, 9.17) is 10.4 Å². The molecule has 0 saturated carbocycles. The van der Waals surface area contributed by atoms with Gasteiger partial charge in [0.25, 0.3) is 5.91 Å². The molecule has 0 aromatic carbocycles. The quantitative estimate of drug-likeness (QED) is 0.839. The van der Waals surface area contributed by atoms with Crippen LogP contribution in [0, 0.1) is 23.2 Å². The summed E-state index contributed by atoms with van der Waals surface area (Å²) in [6.07, 6.45) is 0.297. The SMILES string of the molecule is CC(CC#N)N(C)C(=O)c1sccc1C#CCO. The number of nitriles is 1. The second-order valence-electron chi connectivity index (χ2n) is 3.75. The Labute approximate surface area is 110 Å². The lowest BCUT2D eigenvalue weighted by Crippen LogP contribution is -2.34. The van der Waals surface area contributed by atoms with Crippen LogP contribution in [-0.2, 0) is 0 Å². The molecule has 0 aliphatic heterocycles. The van der Waals surface area contributed by atoms with E-state index in [1.807, 2.05) is 13.0 Å². The van der Waals surface area contributed by atoms with E-state index >= 15 is 0 Å². The minimum Gasteiger partial charge on any atom is -0.384 e. The summed E-state index contributed by atoms with van der Waals surface area (Å²) < 4.78 is 0. The summed E-state index contributed by atoms with van der Waals surface area (Å²) in [5.74, 6) is 5.13. The lowest BCUT2D eigenvalue weighted by molar-refractivity contribution is 0.0751. The number of aliphatic hydroxyl groups excluding tert-OH is 1. The maximum Gasteiger partial charge on any atom is 0.265 e. The zero-order chi connectivity index (χ0) is 13.5. The van der Waals surface area contributed by atoms with Crippen molar-refractivity contribution in [2.45, 2.75) is 19.4 Å². The van der Waals surface area contributed by atoms with E-state index in [9.17, 15) is 4.79 Å². The molecule has 0 bridgehead atoms. The Kier molecular flexibility index (Phi) is 5.38. The van der Waals surface area contributed by atoms with Crippen molar-refractivity contribution in [3.05, 3.63) is 21.9 Å². The van der Waals surface area contributed by atoms with E-state index in [1.54, 1.807) is 23.4 Å². The second kappa shape index (κ2) is 6.80. The molecule has 4 nitrogen and oxygen atoms in total. The first-order valence-corrected chi connectivity index (χ1v) is 6.31. The van der Waals surface area contributed by atoms with Gasteiger partial charge < -0.3 is 10.0 Å². The zero-order valence-corrected chi connectivity index (χ0v) is 11.1. The number of nitrogens with zero attached hydrogens (tertiary/aromatic N) is 2.